The summed E-state index contributed by atoms with van der Waals surface area (Å²) in [4.78, 5) is 33.8. The second-order valence-corrected chi connectivity index (χ2v) is 4.04. The van der Waals surface area contributed by atoms with Crippen LogP contribution in [0.5, 0.6) is 0 Å². The number of benzene rings is 1. The molecule has 1 aromatic carbocycles. The maximum Gasteiger partial charge on any atom is 0.251 e. The van der Waals surface area contributed by atoms with Crippen molar-refractivity contribution in [2.24, 2.45) is 5.73 Å². The predicted molar refractivity (Wildman–Crippen MR) is 66.8 cm³/mol. The third-order valence-corrected chi connectivity index (χ3v) is 2.47. The maximum absolute atomic E-state index is 11.8. The fourth-order valence-electron chi connectivity index (χ4n) is 1.46. The first-order valence-corrected chi connectivity index (χ1v) is 5.65. The Labute approximate surface area is 105 Å². The van der Waals surface area contributed by atoms with Crippen LogP contribution in [-0.4, -0.2) is 23.6 Å². The third-order valence-electron chi connectivity index (χ3n) is 2.47. The Bertz CT molecular complexity index is 443. The first-order valence-electron chi connectivity index (χ1n) is 5.65. The van der Waals surface area contributed by atoms with Crippen molar-refractivity contribution in [3.8, 4) is 0 Å². The van der Waals surface area contributed by atoms with Gasteiger partial charge in [0.15, 0.2) is 0 Å². The Hall–Kier alpha value is -2.17. The second kappa shape index (κ2) is 6.54. The van der Waals surface area contributed by atoms with Crippen LogP contribution in [0.3, 0.4) is 0 Å². The molecular weight excluding hydrogens is 232 g/mol. The van der Waals surface area contributed by atoms with Crippen molar-refractivity contribution < 1.29 is 14.4 Å². The molecule has 0 saturated heterocycles. The minimum atomic E-state index is -0.818. The highest BCUT2D eigenvalue weighted by Crippen LogP contribution is 2.02. The average Bonchev–Trinajstić information content (AvgIpc) is 2.34. The highest BCUT2D eigenvalue weighted by Gasteiger charge is 2.19. The number of primary amides is 1. The Balaban J connectivity index is 2.64. The van der Waals surface area contributed by atoms with Crippen LogP contribution in [0.1, 0.15) is 30.1 Å². The molecule has 0 fully saturated rings. The van der Waals surface area contributed by atoms with Gasteiger partial charge in [0.25, 0.3) is 5.91 Å². The number of carbonyl (C=O) groups excluding carboxylic acids is 3. The first kappa shape index (κ1) is 13.9. The molecule has 0 aromatic heterocycles. The van der Waals surface area contributed by atoms with Gasteiger partial charge in [0.2, 0.25) is 5.91 Å². The Morgan fingerprint density at radius 2 is 1.83 bits per heavy atom. The summed E-state index contributed by atoms with van der Waals surface area (Å²) in [5.74, 6) is -1.06. The van der Waals surface area contributed by atoms with Crippen LogP contribution in [0, 0.1) is 0 Å². The second-order valence-electron chi connectivity index (χ2n) is 4.04. The molecule has 5 nitrogen and oxygen atoms in total. The van der Waals surface area contributed by atoms with E-state index in [1.807, 2.05) is 0 Å². The van der Waals surface area contributed by atoms with E-state index >= 15 is 0 Å². The lowest BCUT2D eigenvalue weighted by Crippen LogP contribution is -2.44. The summed E-state index contributed by atoms with van der Waals surface area (Å²) in [5, 5.41) is 2.52. The van der Waals surface area contributed by atoms with Crippen molar-refractivity contribution in [2.45, 2.75) is 25.8 Å². The molecule has 0 aliphatic heterocycles. The average molecular weight is 248 g/mol. The molecule has 1 atom stereocenters. The molecule has 0 aliphatic rings. The molecule has 0 spiro atoms. The summed E-state index contributed by atoms with van der Waals surface area (Å²) in [7, 11) is 0. The van der Waals surface area contributed by atoms with Crippen molar-refractivity contribution in [1.29, 1.82) is 0 Å². The fourth-order valence-corrected chi connectivity index (χ4v) is 1.46. The molecule has 0 aliphatic carbocycles. The summed E-state index contributed by atoms with van der Waals surface area (Å²) in [6.45, 7) is 1.43. The number of carbonyl (C=O) groups is 3. The lowest BCUT2D eigenvalue weighted by atomic mass is 10.1. The van der Waals surface area contributed by atoms with Crippen molar-refractivity contribution in [1.82, 2.24) is 5.32 Å². The maximum atomic E-state index is 11.8. The van der Waals surface area contributed by atoms with Gasteiger partial charge in [0.1, 0.15) is 11.8 Å². The number of Topliss-reactive ketones (excluding diaryl/α,β-unsaturated/α-hetero) is 1. The van der Waals surface area contributed by atoms with Gasteiger partial charge in [-0.3, -0.25) is 9.59 Å². The molecule has 18 heavy (non-hydrogen) atoms. The standard InChI is InChI=1S/C13H16N2O3/c1-9(16)7-8-11(12(14)17)15-13(18)10-5-3-2-4-6-10/h2-6,11H,7-8H2,1H3,(H2,14,17)(H,15,18)/t11-/m0/s1. The predicted octanol–water partition coefficient (Wildman–Crippen LogP) is 0.640. The van der Waals surface area contributed by atoms with Crippen LogP contribution in [0.15, 0.2) is 30.3 Å². The van der Waals surface area contributed by atoms with Crippen LogP contribution in [-0.2, 0) is 9.59 Å². The third kappa shape index (κ3) is 4.37. The van der Waals surface area contributed by atoms with Crippen LogP contribution in [0.25, 0.3) is 0 Å². The van der Waals surface area contributed by atoms with Crippen molar-refractivity contribution in [3.05, 3.63) is 35.9 Å². The lowest BCUT2D eigenvalue weighted by Gasteiger charge is -2.14. The normalized spacial score (nSPS) is 11.6. The highest BCUT2D eigenvalue weighted by atomic mass is 16.2. The molecule has 0 bridgehead atoms. The van der Waals surface area contributed by atoms with E-state index < -0.39 is 11.9 Å². The van der Waals surface area contributed by atoms with Gasteiger partial charge in [0, 0.05) is 12.0 Å². The Morgan fingerprint density at radius 1 is 1.22 bits per heavy atom. The van der Waals surface area contributed by atoms with Crippen molar-refractivity contribution in [3.63, 3.8) is 0 Å². The first-order chi connectivity index (χ1) is 8.50. The van der Waals surface area contributed by atoms with Gasteiger partial charge in [-0.2, -0.15) is 0 Å². The zero-order valence-electron chi connectivity index (χ0n) is 10.2. The highest BCUT2D eigenvalue weighted by molar-refractivity contribution is 5.97. The van der Waals surface area contributed by atoms with E-state index in [1.165, 1.54) is 6.92 Å². The number of amides is 2. The summed E-state index contributed by atoms with van der Waals surface area (Å²) in [5.41, 5.74) is 5.63. The zero-order valence-corrected chi connectivity index (χ0v) is 10.2. The minimum Gasteiger partial charge on any atom is -0.368 e. The molecular formula is C13H16N2O3. The smallest absolute Gasteiger partial charge is 0.251 e. The molecule has 5 heteroatoms. The molecule has 0 heterocycles. The molecule has 0 radical (unpaired) electrons. The zero-order chi connectivity index (χ0) is 13.5. The van der Waals surface area contributed by atoms with Crippen molar-refractivity contribution >= 4 is 17.6 Å². The number of ketones is 1. The quantitative estimate of drug-likeness (QED) is 0.774. The van der Waals surface area contributed by atoms with Gasteiger partial charge in [-0.1, -0.05) is 18.2 Å². The van der Waals surface area contributed by atoms with Crippen LogP contribution < -0.4 is 11.1 Å². The molecule has 96 valence electrons. The molecule has 2 amide bonds. The summed E-state index contributed by atoms with van der Waals surface area (Å²) in [6.07, 6.45) is 0.436. The largest absolute Gasteiger partial charge is 0.368 e. The molecule has 1 rings (SSSR count). The van der Waals surface area contributed by atoms with Crippen LogP contribution in [0.2, 0.25) is 0 Å². The number of hydrogen-bond acceptors (Lipinski definition) is 3. The van der Waals surface area contributed by atoms with E-state index in [1.54, 1.807) is 30.3 Å². The number of nitrogens with one attached hydrogen (secondary N) is 1. The summed E-state index contributed by atoms with van der Waals surface area (Å²) < 4.78 is 0. The van der Waals surface area contributed by atoms with Gasteiger partial charge in [-0.25, -0.2) is 0 Å². The van der Waals surface area contributed by atoms with Crippen LogP contribution in [0.4, 0.5) is 0 Å². The van der Waals surface area contributed by atoms with Gasteiger partial charge in [-0.05, 0) is 25.5 Å². The van der Waals surface area contributed by atoms with Crippen LogP contribution >= 0.6 is 0 Å². The lowest BCUT2D eigenvalue weighted by molar-refractivity contribution is -0.120. The fraction of sp³-hybridized carbons (Fsp3) is 0.308. The van der Waals surface area contributed by atoms with E-state index in [-0.39, 0.29) is 24.5 Å². The summed E-state index contributed by atoms with van der Waals surface area (Å²) >= 11 is 0. The number of rotatable bonds is 6. The van der Waals surface area contributed by atoms with E-state index in [4.69, 9.17) is 5.73 Å². The Morgan fingerprint density at radius 3 is 2.33 bits per heavy atom. The van der Waals surface area contributed by atoms with E-state index in [0.29, 0.717) is 5.56 Å². The molecule has 3 N–H and O–H groups in total. The van der Waals surface area contributed by atoms with E-state index in [0.717, 1.165) is 0 Å². The monoisotopic (exact) mass is 248 g/mol. The van der Waals surface area contributed by atoms with Gasteiger partial charge in [-0.15, -0.1) is 0 Å². The Kier molecular flexibility index (Phi) is 5.05. The molecule has 0 unspecified atom stereocenters. The van der Waals surface area contributed by atoms with E-state index in [2.05, 4.69) is 5.32 Å². The number of nitrogens with two attached hydrogens (primary N) is 1. The molecule has 0 saturated carbocycles. The topological polar surface area (TPSA) is 89.3 Å². The summed E-state index contributed by atoms with van der Waals surface area (Å²) in [6, 6.07) is 7.70. The van der Waals surface area contributed by atoms with Gasteiger partial charge < -0.3 is 15.8 Å². The van der Waals surface area contributed by atoms with Gasteiger partial charge in [0.05, 0.1) is 0 Å². The minimum absolute atomic E-state index is 0.0461. The van der Waals surface area contributed by atoms with E-state index in [9.17, 15) is 14.4 Å². The SMILES string of the molecule is CC(=O)CC[C@H](NC(=O)c1ccccc1)C(N)=O. The number of hydrogen-bond donors (Lipinski definition) is 2. The van der Waals surface area contributed by atoms with Crippen molar-refractivity contribution in [2.75, 3.05) is 0 Å². The van der Waals surface area contributed by atoms with Gasteiger partial charge >= 0.3 is 0 Å². The molecule has 1 aromatic rings.